The van der Waals surface area contributed by atoms with E-state index < -0.39 is 46.8 Å². The van der Waals surface area contributed by atoms with Crippen LogP contribution in [0.1, 0.15) is 22.7 Å². The number of nitrogens with two attached hydrogens (primary N) is 1. The van der Waals surface area contributed by atoms with Crippen LogP contribution in [0.15, 0.2) is 12.1 Å². The second-order valence-electron chi connectivity index (χ2n) is 4.14. The number of alkyl halides is 6. The molecule has 0 radical (unpaired) electrons. The quantitative estimate of drug-likeness (QED) is 0.657. The van der Waals surface area contributed by atoms with Crippen molar-refractivity contribution in [1.29, 1.82) is 0 Å². The van der Waals surface area contributed by atoms with Gasteiger partial charge < -0.3 is 15.2 Å². The fraction of sp³-hybridized carbons (Fsp3) is 0.417. The van der Waals surface area contributed by atoms with Crippen LogP contribution in [0.2, 0.25) is 0 Å². The van der Waals surface area contributed by atoms with Crippen LogP contribution in [-0.2, 0) is 21.9 Å². The fourth-order valence-electron chi connectivity index (χ4n) is 1.76. The van der Waals surface area contributed by atoms with Crippen LogP contribution in [-0.4, -0.2) is 20.2 Å². The maximum atomic E-state index is 13.0. The SMILES string of the molecule is COC(=O)[C@H](N)c1c(OC)cc(C(F)(F)F)cc1C(F)(F)F.Cl. The largest absolute Gasteiger partial charge is 0.496 e. The molecule has 0 saturated heterocycles. The Morgan fingerprint density at radius 1 is 1.09 bits per heavy atom. The molecule has 1 rings (SSSR count). The lowest BCUT2D eigenvalue weighted by Gasteiger charge is -2.21. The van der Waals surface area contributed by atoms with Crippen molar-refractivity contribution in [3.05, 3.63) is 28.8 Å². The molecule has 1 aromatic rings. The van der Waals surface area contributed by atoms with E-state index in [0.717, 1.165) is 14.2 Å². The molecule has 23 heavy (non-hydrogen) atoms. The van der Waals surface area contributed by atoms with Crippen molar-refractivity contribution in [3.63, 3.8) is 0 Å². The summed E-state index contributed by atoms with van der Waals surface area (Å²) < 4.78 is 85.9. The Kier molecular flexibility index (Phi) is 6.73. The maximum Gasteiger partial charge on any atom is 0.416 e. The zero-order valence-electron chi connectivity index (χ0n) is 11.7. The maximum absolute atomic E-state index is 13.0. The molecule has 0 saturated carbocycles. The number of methoxy groups -OCH3 is 2. The molecule has 0 unspecified atom stereocenters. The van der Waals surface area contributed by atoms with E-state index in [-0.39, 0.29) is 18.5 Å². The van der Waals surface area contributed by atoms with Crippen molar-refractivity contribution in [1.82, 2.24) is 0 Å². The molecule has 1 atom stereocenters. The monoisotopic (exact) mass is 367 g/mol. The van der Waals surface area contributed by atoms with Gasteiger partial charge in [-0.3, -0.25) is 4.79 Å². The highest BCUT2D eigenvalue weighted by atomic mass is 35.5. The molecule has 1 aromatic carbocycles. The summed E-state index contributed by atoms with van der Waals surface area (Å²) in [5.41, 5.74) is 1.14. The number of benzene rings is 1. The van der Waals surface area contributed by atoms with Gasteiger partial charge in [0, 0.05) is 5.56 Å². The topological polar surface area (TPSA) is 61.5 Å². The first kappa shape index (κ1) is 21.3. The summed E-state index contributed by atoms with van der Waals surface area (Å²) in [5.74, 6) is -2.05. The van der Waals surface area contributed by atoms with Gasteiger partial charge in [-0.1, -0.05) is 0 Å². The Morgan fingerprint density at radius 2 is 1.61 bits per heavy atom. The van der Waals surface area contributed by atoms with E-state index >= 15 is 0 Å². The standard InChI is InChI=1S/C12H11F6NO3.ClH/c1-21-7-4-5(11(13,14)15)3-6(12(16,17)18)8(7)9(19)10(20)22-2;/h3-4,9H,19H2,1-2H3;1H/t9-;/m1./s1. The summed E-state index contributed by atoms with van der Waals surface area (Å²) >= 11 is 0. The predicted molar refractivity (Wildman–Crippen MR) is 69.2 cm³/mol. The van der Waals surface area contributed by atoms with Gasteiger partial charge >= 0.3 is 18.3 Å². The molecule has 0 bridgehead atoms. The van der Waals surface area contributed by atoms with E-state index in [9.17, 15) is 31.1 Å². The minimum absolute atomic E-state index is 0. The summed E-state index contributed by atoms with van der Waals surface area (Å²) in [6, 6.07) is -1.73. The summed E-state index contributed by atoms with van der Waals surface area (Å²) in [5, 5.41) is 0. The van der Waals surface area contributed by atoms with E-state index in [1.807, 2.05) is 0 Å². The zero-order chi connectivity index (χ0) is 17.3. The molecule has 11 heteroatoms. The van der Waals surface area contributed by atoms with Gasteiger partial charge in [0.15, 0.2) is 0 Å². The number of esters is 1. The molecule has 2 N–H and O–H groups in total. The van der Waals surface area contributed by atoms with Gasteiger partial charge in [0.1, 0.15) is 11.8 Å². The van der Waals surface area contributed by atoms with Crippen molar-refractivity contribution in [2.45, 2.75) is 18.4 Å². The van der Waals surface area contributed by atoms with E-state index in [1.54, 1.807) is 0 Å². The van der Waals surface area contributed by atoms with Crippen molar-refractivity contribution in [2.24, 2.45) is 5.73 Å². The molecule has 0 aromatic heterocycles. The molecule has 4 nitrogen and oxygen atoms in total. The third kappa shape index (κ3) is 4.64. The molecule has 0 fully saturated rings. The number of ether oxygens (including phenoxy) is 2. The highest BCUT2D eigenvalue weighted by Gasteiger charge is 2.42. The molecule has 0 aliphatic rings. The van der Waals surface area contributed by atoms with Crippen LogP contribution < -0.4 is 10.5 Å². The van der Waals surface area contributed by atoms with Gasteiger partial charge in [0.2, 0.25) is 0 Å². The Morgan fingerprint density at radius 3 is 1.96 bits per heavy atom. The van der Waals surface area contributed by atoms with Crippen LogP contribution in [0.25, 0.3) is 0 Å². The van der Waals surface area contributed by atoms with E-state index in [2.05, 4.69) is 9.47 Å². The second kappa shape index (κ2) is 7.26. The number of carbonyl (C=O) groups excluding carboxylic acids is 1. The molecular weight excluding hydrogens is 356 g/mol. The lowest BCUT2D eigenvalue weighted by atomic mass is 9.96. The molecule has 0 aliphatic carbocycles. The molecular formula is C12H12ClF6NO3. The lowest BCUT2D eigenvalue weighted by molar-refractivity contribution is -0.145. The summed E-state index contributed by atoms with van der Waals surface area (Å²) in [4.78, 5) is 11.3. The van der Waals surface area contributed by atoms with Crippen LogP contribution in [0.5, 0.6) is 5.75 Å². The number of halogens is 7. The smallest absolute Gasteiger partial charge is 0.416 e. The summed E-state index contributed by atoms with van der Waals surface area (Å²) in [7, 11) is 1.75. The highest BCUT2D eigenvalue weighted by molar-refractivity contribution is 5.85. The van der Waals surface area contributed by atoms with E-state index in [1.165, 1.54) is 0 Å². The van der Waals surface area contributed by atoms with Crippen LogP contribution in [0.4, 0.5) is 26.3 Å². The average Bonchev–Trinajstić information content (AvgIpc) is 2.42. The Hall–Kier alpha value is -1.68. The van der Waals surface area contributed by atoms with Crippen molar-refractivity contribution >= 4 is 18.4 Å². The van der Waals surface area contributed by atoms with E-state index in [4.69, 9.17) is 5.73 Å². The Labute approximate surface area is 132 Å². The molecule has 0 heterocycles. The first-order valence-electron chi connectivity index (χ1n) is 5.63. The molecule has 132 valence electrons. The van der Waals surface area contributed by atoms with Crippen molar-refractivity contribution in [2.75, 3.05) is 14.2 Å². The molecule has 0 spiro atoms. The molecule has 0 aliphatic heterocycles. The van der Waals surface area contributed by atoms with Crippen LogP contribution in [0.3, 0.4) is 0 Å². The van der Waals surface area contributed by atoms with Crippen LogP contribution in [0, 0.1) is 0 Å². The normalized spacial score (nSPS) is 13.1. The third-order valence-corrected chi connectivity index (χ3v) is 2.76. The van der Waals surface area contributed by atoms with Gasteiger partial charge in [0.25, 0.3) is 0 Å². The van der Waals surface area contributed by atoms with Crippen molar-refractivity contribution < 1.29 is 40.6 Å². The minimum Gasteiger partial charge on any atom is -0.496 e. The van der Waals surface area contributed by atoms with Gasteiger partial charge in [-0.25, -0.2) is 0 Å². The zero-order valence-corrected chi connectivity index (χ0v) is 12.5. The van der Waals surface area contributed by atoms with Crippen molar-refractivity contribution in [3.8, 4) is 5.75 Å². The fourth-order valence-corrected chi connectivity index (χ4v) is 1.76. The Bertz CT molecular complexity index is 573. The number of rotatable bonds is 3. The highest BCUT2D eigenvalue weighted by Crippen LogP contribution is 2.43. The van der Waals surface area contributed by atoms with Gasteiger partial charge in [-0.05, 0) is 12.1 Å². The molecule has 0 amide bonds. The summed E-state index contributed by atoms with van der Waals surface area (Å²) in [6.07, 6.45) is -10.2. The van der Waals surface area contributed by atoms with Crippen LogP contribution >= 0.6 is 12.4 Å². The third-order valence-electron chi connectivity index (χ3n) is 2.76. The number of hydrogen-bond acceptors (Lipinski definition) is 4. The predicted octanol–water partition coefficient (Wildman–Crippen LogP) is 3.33. The van der Waals surface area contributed by atoms with Gasteiger partial charge in [-0.15, -0.1) is 12.4 Å². The van der Waals surface area contributed by atoms with E-state index in [0.29, 0.717) is 6.07 Å². The lowest BCUT2D eigenvalue weighted by Crippen LogP contribution is -2.27. The average molecular weight is 368 g/mol. The first-order valence-corrected chi connectivity index (χ1v) is 5.63. The number of hydrogen-bond donors (Lipinski definition) is 1. The van der Waals surface area contributed by atoms with Gasteiger partial charge in [-0.2, -0.15) is 26.3 Å². The summed E-state index contributed by atoms with van der Waals surface area (Å²) in [6.45, 7) is 0. The minimum atomic E-state index is -5.17. The number of carbonyl (C=O) groups is 1. The van der Waals surface area contributed by atoms with Gasteiger partial charge in [0.05, 0.1) is 25.3 Å². The Balaban J connectivity index is 0.00000484. The first-order chi connectivity index (χ1) is 9.93. The second-order valence-corrected chi connectivity index (χ2v) is 4.14.